The van der Waals surface area contributed by atoms with Gasteiger partial charge >= 0.3 is 0 Å². The van der Waals surface area contributed by atoms with Gasteiger partial charge in [0.2, 0.25) is 0 Å². The van der Waals surface area contributed by atoms with Gasteiger partial charge in [0.25, 0.3) is 11.7 Å². The van der Waals surface area contributed by atoms with Crippen LogP contribution in [0.15, 0.2) is 54.1 Å². The van der Waals surface area contributed by atoms with Crippen molar-refractivity contribution in [1.82, 2.24) is 4.90 Å². The Labute approximate surface area is 179 Å². The zero-order valence-corrected chi connectivity index (χ0v) is 17.2. The lowest BCUT2D eigenvalue weighted by Gasteiger charge is -2.27. The molecule has 2 atom stereocenters. The highest BCUT2D eigenvalue weighted by atomic mass is 19.1. The van der Waals surface area contributed by atoms with Crippen molar-refractivity contribution < 1.29 is 28.6 Å². The lowest BCUT2D eigenvalue weighted by atomic mass is 9.94. The van der Waals surface area contributed by atoms with E-state index in [0.29, 0.717) is 24.5 Å². The SMILES string of the molecule is CCOc1ccc(C(O)=C2C(=O)C(=O)N(C[C@H]3CCCO3)[C@H]2c2ccccc2F)cc1. The van der Waals surface area contributed by atoms with Gasteiger partial charge in [0.15, 0.2) is 0 Å². The molecule has 2 aromatic carbocycles. The molecule has 0 bridgehead atoms. The second-order valence-electron chi connectivity index (χ2n) is 7.57. The number of ether oxygens (including phenoxy) is 2. The minimum atomic E-state index is -1.03. The van der Waals surface area contributed by atoms with E-state index in [1.54, 1.807) is 30.3 Å². The van der Waals surface area contributed by atoms with Crippen molar-refractivity contribution >= 4 is 17.4 Å². The molecular formula is C24H24FNO5. The van der Waals surface area contributed by atoms with E-state index in [2.05, 4.69) is 0 Å². The van der Waals surface area contributed by atoms with Crippen LogP contribution in [0.5, 0.6) is 5.75 Å². The minimum Gasteiger partial charge on any atom is -0.507 e. The number of likely N-dealkylation sites (tertiary alicyclic amines) is 1. The quantitative estimate of drug-likeness (QED) is 0.433. The molecule has 6 nitrogen and oxygen atoms in total. The van der Waals surface area contributed by atoms with Crippen LogP contribution in [0.2, 0.25) is 0 Å². The molecule has 0 spiro atoms. The number of hydrogen-bond donors (Lipinski definition) is 1. The predicted molar refractivity (Wildman–Crippen MR) is 112 cm³/mol. The first-order chi connectivity index (χ1) is 15.0. The van der Waals surface area contributed by atoms with E-state index >= 15 is 0 Å². The van der Waals surface area contributed by atoms with Crippen LogP contribution in [0.1, 0.15) is 36.9 Å². The number of ketones is 1. The molecule has 0 unspecified atom stereocenters. The number of nitrogens with zero attached hydrogens (tertiary/aromatic N) is 1. The molecule has 0 aromatic heterocycles. The van der Waals surface area contributed by atoms with Crippen LogP contribution in [-0.2, 0) is 14.3 Å². The number of halogens is 1. The highest BCUT2D eigenvalue weighted by Crippen LogP contribution is 2.41. The van der Waals surface area contributed by atoms with Crippen molar-refractivity contribution in [3.63, 3.8) is 0 Å². The Balaban J connectivity index is 1.79. The molecule has 4 rings (SSSR count). The van der Waals surface area contributed by atoms with Crippen molar-refractivity contribution in [1.29, 1.82) is 0 Å². The molecule has 31 heavy (non-hydrogen) atoms. The fraction of sp³-hybridized carbons (Fsp3) is 0.333. The van der Waals surface area contributed by atoms with Crippen molar-refractivity contribution in [2.45, 2.75) is 31.9 Å². The Morgan fingerprint density at radius 3 is 2.58 bits per heavy atom. The van der Waals surface area contributed by atoms with E-state index in [-0.39, 0.29) is 29.5 Å². The van der Waals surface area contributed by atoms with Crippen LogP contribution in [0.4, 0.5) is 4.39 Å². The molecule has 2 fully saturated rings. The number of Topliss-reactive ketones (excluding diaryl/α,β-unsaturated/α-hetero) is 1. The zero-order valence-electron chi connectivity index (χ0n) is 17.2. The summed E-state index contributed by atoms with van der Waals surface area (Å²) in [5.74, 6) is -1.88. The lowest BCUT2D eigenvalue weighted by molar-refractivity contribution is -0.140. The number of carbonyl (C=O) groups excluding carboxylic acids is 2. The molecule has 2 aliphatic rings. The fourth-order valence-electron chi connectivity index (χ4n) is 4.13. The van der Waals surface area contributed by atoms with E-state index in [0.717, 1.165) is 12.8 Å². The van der Waals surface area contributed by atoms with Crippen molar-refractivity contribution in [2.75, 3.05) is 19.8 Å². The summed E-state index contributed by atoms with van der Waals surface area (Å²) in [5, 5.41) is 11.0. The van der Waals surface area contributed by atoms with Gasteiger partial charge in [-0.1, -0.05) is 18.2 Å². The third-order valence-electron chi connectivity index (χ3n) is 5.60. The number of aliphatic hydroxyl groups excluding tert-OH is 1. The number of aliphatic hydroxyl groups is 1. The second kappa shape index (κ2) is 8.89. The van der Waals surface area contributed by atoms with Crippen LogP contribution < -0.4 is 4.74 Å². The van der Waals surface area contributed by atoms with Crippen LogP contribution in [0, 0.1) is 5.82 Å². The van der Waals surface area contributed by atoms with Gasteiger partial charge in [-0.15, -0.1) is 0 Å². The number of carbonyl (C=O) groups is 2. The monoisotopic (exact) mass is 425 g/mol. The highest BCUT2D eigenvalue weighted by molar-refractivity contribution is 6.46. The number of hydrogen-bond acceptors (Lipinski definition) is 5. The first kappa shape index (κ1) is 21.1. The maximum Gasteiger partial charge on any atom is 0.295 e. The van der Waals surface area contributed by atoms with Gasteiger partial charge in [0.05, 0.1) is 24.3 Å². The van der Waals surface area contributed by atoms with Crippen LogP contribution in [0.25, 0.3) is 5.76 Å². The van der Waals surface area contributed by atoms with Crippen molar-refractivity contribution in [3.8, 4) is 5.75 Å². The molecular weight excluding hydrogens is 401 g/mol. The Kier molecular flexibility index (Phi) is 6.04. The number of amides is 1. The van der Waals surface area contributed by atoms with Gasteiger partial charge in [-0.05, 0) is 50.1 Å². The molecule has 0 radical (unpaired) electrons. The largest absolute Gasteiger partial charge is 0.507 e. The molecule has 162 valence electrons. The average molecular weight is 425 g/mol. The van der Waals surface area contributed by atoms with E-state index in [9.17, 15) is 19.1 Å². The third kappa shape index (κ3) is 4.05. The second-order valence-corrected chi connectivity index (χ2v) is 7.57. The van der Waals surface area contributed by atoms with E-state index in [1.807, 2.05) is 6.92 Å². The lowest BCUT2D eigenvalue weighted by Crippen LogP contribution is -2.36. The maximum atomic E-state index is 14.8. The number of rotatable bonds is 6. The summed E-state index contributed by atoms with van der Waals surface area (Å²) in [4.78, 5) is 27.2. The molecule has 1 N–H and O–H groups in total. The highest BCUT2D eigenvalue weighted by Gasteiger charge is 2.47. The third-order valence-corrected chi connectivity index (χ3v) is 5.60. The first-order valence-corrected chi connectivity index (χ1v) is 10.4. The van der Waals surface area contributed by atoms with E-state index < -0.39 is 23.5 Å². The topological polar surface area (TPSA) is 76.1 Å². The minimum absolute atomic E-state index is 0.128. The van der Waals surface area contributed by atoms with Crippen LogP contribution >= 0.6 is 0 Å². The molecule has 2 heterocycles. The Hall–Kier alpha value is -3.19. The van der Waals surface area contributed by atoms with Gasteiger partial charge in [-0.3, -0.25) is 9.59 Å². The summed E-state index contributed by atoms with van der Waals surface area (Å²) < 4.78 is 25.8. The maximum absolute atomic E-state index is 14.8. The molecule has 2 aliphatic heterocycles. The Morgan fingerprint density at radius 2 is 1.94 bits per heavy atom. The number of benzene rings is 2. The van der Waals surface area contributed by atoms with Gasteiger partial charge < -0.3 is 19.5 Å². The Morgan fingerprint density at radius 1 is 1.19 bits per heavy atom. The van der Waals surface area contributed by atoms with Gasteiger partial charge in [0.1, 0.15) is 17.3 Å². The smallest absolute Gasteiger partial charge is 0.295 e. The summed E-state index contributed by atoms with van der Waals surface area (Å²) in [7, 11) is 0. The molecule has 0 saturated carbocycles. The summed E-state index contributed by atoms with van der Waals surface area (Å²) >= 11 is 0. The summed E-state index contributed by atoms with van der Waals surface area (Å²) in [6.07, 6.45) is 1.40. The van der Waals surface area contributed by atoms with Crippen molar-refractivity contribution in [3.05, 3.63) is 71.0 Å². The molecule has 2 saturated heterocycles. The molecule has 0 aliphatic carbocycles. The zero-order chi connectivity index (χ0) is 22.0. The van der Waals surface area contributed by atoms with E-state index in [4.69, 9.17) is 9.47 Å². The standard InChI is InChI=1S/C24H24FNO5/c1-2-30-16-11-9-15(10-12-16)22(27)20-21(18-7-3-4-8-19(18)25)26(24(29)23(20)28)14-17-6-5-13-31-17/h3-4,7-12,17,21,27H,2,5-6,13-14H2,1H3/t17-,21+/m1/s1. The normalized spacial score (nSPS) is 22.8. The summed E-state index contributed by atoms with van der Waals surface area (Å²) in [6, 6.07) is 11.5. The van der Waals surface area contributed by atoms with Gasteiger partial charge in [0, 0.05) is 24.3 Å². The Bertz CT molecular complexity index is 1010. The first-order valence-electron chi connectivity index (χ1n) is 10.4. The molecule has 2 aromatic rings. The van der Waals surface area contributed by atoms with Gasteiger partial charge in [-0.25, -0.2) is 4.39 Å². The van der Waals surface area contributed by atoms with Crippen LogP contribution in [-0.4, -0.2) is 47.6 Å². The fourth-order valence-corrected chi connectivity index (χ4v) is 4.13. The summed E-state index contributed by atoms with van der Waals surface area (Å²) in [5.41, 5.74) is 0.379. The molecule has 1 amide bonds. The van der Waals surface area contributed by atoms with E-state index in [1.165, 1.54) is 23.1 Å². The average Bonchev–Trinajstić information content (AvgIpc) is 3.37. The van der Waals surface area contributed by atoms with Crippen LogP contribution in [0.3, 0.4) is 0 Å². The van der Waals surface area contributed by atoms with Crippen molar-refractivity contribution in [2.24, 2.45) is 0 Å². The summed E-state index contributed by atoms with van der Waals surface area (Å²) in [6.45, 7) is 3.10. The predicted octanol–water partition coefficient (Wildman–Crippen LogP) is 3.83. The van der Waals surface area contributed by atoms with Gasteiger partial charge in [-0.2, -0.15) is 0 Å². The molecule has 7 heteroatoms.